The third-order valence-electron chi connectivity index (χ3n) is 2.64. The lowest BCUT2D eigenvalue weighted by atomic mass is 10.2. The molecule has 0 fully saturated rings. The molecular formula is C14H15Cl2NO4. The molecule has 0 amide bonds. The van der Waals surface area contributed by atoms with Crippen LogP contribution in [-0.4, -0.2) is 0 Å². The Morgan fingerprint density at radius 2 is 1.38 bits per heavy atom. The molecular weight excluding hydrogens is 317 g/mol. The van der Waals surface area contributed by atoms with Crippen LogP contribution in [0.1, 0.15) is 17.0 Å². The molecule has 0 N–H and O–H groups in total. The zero-order chi connectivity index (χ0) is 16.2. The van der Waals surface area contributed by atoms with Gasteiger partial charge >= 0.3 is 0 Å². The van der Waals surface area contributed by atoms with Crippen LogP contribution in [0.4, 0.5) is 0 Å². The number of benzene rings is 1. The predicted molar refractivity (Wildman–Crippen MR) is 67.2 cm³/mol. The van der Waals surface area contributed by atoms with E-state index in [1.165, 1.54) is 17.0 Å². The Morgan fingerprint density at radius 1 is 0.905 bits per heavy atom. The van der Waals surface area contributed by atoms with Gasteiger partial charge in [-0.1, -0.05) is 17.7 Å². The van der Waals surface area contributed by atoms with Gasteiger partial charge in [-0.15, -0.1) is 10.2 Å². The van der Waals surface area contributed by atoms with Crippen molar-refractivity contribution in [2.75, 3.05) is 0 Å². The van der Waals surface area contributed by atoms with Gasteiger partial charge in [0.2, 0.25) is 5.69 Å². The molecule has 2 rings (SSSR count). The van der Waals surface area contributed by atoms with Crippen LogP contribution >= 0.6 is 11.6 Å². The van der Waals surface area contributed by atoms with Gasteiger partial charge in [-0.25, -0.2) is 18.6 Å². The second-order valence-corrected chi connectivity index (χ2v) is 5.70. The summed E-state index contributed by atoms with van der Waals surface area (Å²) in [4.78, 5) is 0. The zero-order valence-electron chi connectivity index (χ0n) is 11.8. The molecule has 0 unspecified atom stereocenters. The molecule has 0 saturated heterocycles. The fourth-order valence-corrected chi connectivity index (χ4v) is 2.31. The molecule has 0 saturated carbocycles. The standard InChI is InChI=1S/C14H15ClN.ClHO4/c1-10-7-11(2)16(12(3)8-10)14-6-4-5-13(15)9-14;2-1(3,4)5/h4-9H,1-3H3;(H,2,3,4,5)/q+1;/p-1. The number of nitrogens with zero attached hydrogens (tertiary/aromatic N) is 1. The highest BCUT2D eigenvalue weighted by atomic mass is 35.7. The Balaban J connectivity index is 0.000000383. The smallest absolute Gasteiger partial charge is 0.212 e. The first-order valence-corrected chi connectivity index (χ1v) is 7.57. The van der Waals surface area contributed by atoms with Crippen molar-refractivity contribution in [2.24, 2.45) is 0 Å². The van der Waals surface area contributed by atoms with E-state index in [1.54, 1.807) is 0 Å². The lowest BCUT2D eigenvalue weighted by Crippen LogP contribution is -2.68. The SMILES string of the molecule is Cc1cc(C)[n+](-c2cccc(Cl)c2)c(C)c1.[O-][Cl+3]([O-])([O-])[O-]. The number of hydrogen-bond acceptors (Lipinski definition) is 4. The summed E-state index contributed by atoms with van der Waals surface area (Å²) < 4.78 is 36.2. The molecule has 1 aromatic heterocycles. The molecule has 1 heterocycles. The summed E-state index contributed by atoms with van der Waals surface area (Å²) in [5, 5.41) is 0.768. The molecule has 1 aromatic carbocycles. The molecule has 0 aliphatic carbocycles. The van der Waals surface area contributed by atoms with Crippen molar-refractivity contribution in [3.05, 3.63) is 58.4 Å². The minimum atomic E-state index is -4.94. The van der Waals surface area contributed by atoms with E-state index in [9.17, 15) is 0 Å². The fourth-order valence-electron chi connectivity index (χ4n) is 2.13. The second-order valence-electron chi connectivity index (χ2n) is 4.51. The van der Waals surface area contributed by atoms with E-state index < -0.39 is 10.2 Å². The summed E-state index contributed by atoms with van der Waals surface area (Å²) >= 11 is 6.02. The van der Waals surface area contributed by atoms with Gasteiger partial charge in [-0.2, -0.15) is 4.57 Å². The van der Waals surface area contributed by atoms with E-state index in [0.29, 0.717) is 0 Å². The Bertz CT molecular complexity index is 598. The molecule has 0 bridgehead atoms. The average Bonchev–Trinajstić information content (AvgIpc) is 2.24. The summed E-state index contributed by atoms with van der Waals surface area (Å²) in [5.41, 5.74) is 4.84. The number of rotatable bonds is 1. The fraction of sp³-hybridized carbons (Fsp3) is 0.214. The van der Waals surface area contributed by atoms with Gasteiger partial charge in [-0.3, -0.25) is 0 Å². The third kappa shape index (κ3) is 6.39. The minimum absolute atomic E-state index is 0.768. The largest absolute Gasteiger partial charge is 0.222 e. The third-order valence-corrected chi connectivity index (χ3v) is 2.88. The number of aromatic nitrogens is 1. The molecule has 7 heteroatoms. The van der Waals surface area contributed by atoms with Crippen LogP contribution in [0, 0.1) is 31.0 Å². The highest BCUT2D eigenvalue weighted by Crippen LogP contribution is 2.12. The number of aryl methyl sites for hydroxylation is 3. The molecule has 0 spiro atoms. The van der Waals surface area contributed by atoms with Gasteiger partial charge in [0.15, 0.2) is 11.4 Å². The highest BCUT2D eigenvalue weighted by Gasteiger charge is 2.14. The van der Waals surface area contributed by atoms with Crippen LogP contribution in [0.15, 0.2) is 36.4 Å². The zero-order valence-corrected chi connectivity index (χ0v) is 13.3. The number of hydrogen-bond donors (Lipinski definition) is 0. The molecule has 2 aromatic rings. The molecule has 21 heavy (non-hydrogen) atoms. The van der Waals surface area contributed by atoms with E-state index in [4.69, 9.17) is 30.2 Å². The lowest BCUT2D eigenvalue weighted by molar-refractivity contribution is -2.00. The summed E-state index contributed by atoms with van der Waals surface area (Å²) in [6.07, 6.45) is 0. The topological polar surface area (TPSA) is 96.1 Å². The summed E-state index contributed by atoms with van der Waals surface area (Å²) in [7, 11) is -4.94. The van der Waals surface area contributed by atoms with Crippen molar-refractivity contribution in [3.8, 4) is 5.69 Å². The van der Waals surface area contributed by atoms with Gasteiger partial charge in [0.25, 0.3) is 0 Å². The van der Waals surface area contributed by atoms with Crippen molar-refractivity contribution in [2.45, 2.75) is 20.8 Å². The van der Waals surface area contributed by atoms with Crippen molar-refractivity contribution < 1.29 is 33.4 Å². The van der Waals surface area contributed by atoms with E-state index in [2.05, 4.69) is 43.5 Å². The molecule has 0 aliphatic heterocycles. The lowest BCUT2D eigenvalue weighted by Gasteiger charge is -2.17. The van der Waals surface area contributed by atoms with Crippen LogP contribution in [0.5, 0.6) is 0 Å². The van der Waals surface area contributed by atoms with E-state index >= 15 is 0 Å². The molecule has 0 atom stereocenters. The average molecular weight is 332 g/mol. The van der Waals surface area contributed by atoms with Gasteiger partial charge < -0.3 is 0 Å². The first kappa shape index (κ1) is 17.8. The predicted octanol–water partition coefficient (Wildman–Crippen LogP) is -1.21. The van der Waals surface area contributed by atoms with Gasteiger partial charge in [0.1, 0.15) is 0 Å². The Labute approximate surface area is 130 Å². The first-order chi connectivity index (χ1) is 9.58. The number of halogens is 2. The van der Waals surface area contributed by atoms with E-state index in [0.717, 1.165) is 10.7 Å². The Kier molecular flexibility index (Phi) is 6.10. The second kappa shape index (κ2) is 7.17. The number of pyridine rings is 1. The summed E-state index contributed by atoms with van der Waals surface area (Å²) in [6.45, 7) is 6.34. The van der Waals surface area contributed by atoms with Gasteiger partial charge in [0.05, 0.1) is 0 Å². The normalized spacial score (nSPS) is 10.9. The van der Waals surface area contributed by atoms with Crippen LogP contribution in [0.2, 0.25) is 5.02 Å². The Morgan fingerprint density at radius 3 is 1.81 bits per heavy atom. The summed E-state index contributed by atoms with van der Waals surface area (Å²) in [6, 6.07) is 12.3. The van der Waals surface area contributed by atoms with E-state index in [1.807, 2.05) is 18.2 Å². The minimum Gasteiger partial charge on any atom is -0.222 e. The van der Waals surface area contributed by atoms with Crippen molar-refractivity contribution in [3.63, 3.8) is 0 Å². The van der Waals surface area contributed by atoms with E-state index in [-0.39, 0.29) is 0 Å². The molecule has 0 aliphatic rings. The van der Waals surface area contributed by atoms with Gasteiger partial charge in [0, 0.05) is 43.1 Å². The monoisotopic (exact) mass is 331 g/mol. The van der Waals surface area contributed by atoms with Crippen LogP contribution < -0.4 is 23.2 Å². The molecule has 5 nitrogen and oxygen atoms in total. The molecule has 0 radical (unpaired) electrons. The van der Waals surface area contributed by atoms with Crippen molar-refractivity contribution in [1.82, 2.24) is 0 Å². The quantitative estimate of drug-likeness (QED) is 0.612. The summed E-state index contributed by atoms with van der Waals surface area (Å²) in [5.74, 6) is 0. The van der Waals surface area contributed by atoms with Crippen LogP contribution in [-0.2, 0) is 0 Å². The van der Waals surface area contributed by atoms with Gasteiger partial charge in [-0.05, 0) is 18.6 Å². The maximum Gasteiger partial charge on any atom is 0.212 e. The Hall–Kier alpha value is -1.21. The molecule has 114 valence electrons. The maximum atomic E-state index is 8.49. The first-order valence-electron chi connectivity index (χ1n) is 5.95. The highest BCUT2D eigenvalue weighted by molar-refractivity contribution is 6.30. The van der Waals surface area contributed by atoms with Crippen LogP contribution in [0.25, 0.3) is 5.69 Å². The van der Waals surface area contributed by atoms with Crippen molar-refractivity contribution in [1.29, 1.82) is 0 Å². The van der Waals surface area contributed by atoms with Crippen molar-refractivity contribution >= 4 is 11.6 Å². The van der Waals surface area contributed by atoms with Crippen LogP contribution in [0.3, 0.4) is 0 Å². The maximum absolute atomic E-state index is 8.49.